The third-order valence-corrected chi connectivity index (χ3v) is 5.86. The van der Waals surface area contributed by atoms with Crippen LogP contribution in [0.15, 0.2) is 71.1 Å². The van der Waals surface area contributed by atoms with Gasteiger partial charge in [0, 0.05) is 17.3 Å². The van der Waals surface area contributed by atoms with Gasteiger partial charge in [0.05, 0.1) is 12.1 Å². The van der Waals surface area contributed by atoms with Gasteiger partial charge in [-0.2, -0.15) is 0 Å². The average molecular weight is 414 g/mol. The van der Waals surface area contributed by atoms with Gasteiger partial charge in [-0.15, -0.1) is 0 Å². The Kier molecular flexibility index (Phi) is 4.82. The lowest BCUT2D eigenvalue weighted by Crippen LogP contribution is -2.45. The number of fused-ring (bicyclic) bond motifs is 2. The van der Waals surface area contributed by atoms with Gasteiger partial charge in [-0.3, -0.25) is 9.59 Å². The Balaban J connectivity index is 1.32. The topological polar surface area (TPSA) is 82.8 Å². The predicted molar refractivity (Wildman–Crippen MR) is 118 cm³/mol. The number of phenols is 1. The van der Waals surface area contributed by atoms with Crippen molar-refractivity contribution >= 4 is 33.6 Å². The number of likely N-dealkylation sites (tertiary alicyclic amines) is 1. The summed E-state index contributed by atoms with van der Waals surface area (Å²) in [5.74, 6) is 0.0743. The molecular formula is C25H22N2O4. The second kappa shape index (κ2) is 7.80. The molecule has 1 fully saturated rings. The molecule has 156 valence electrons. The van der Waals surface area contributed by atoms with E-state index in [1.54, 1.807) is 17.0 Å². The molecular weight excluding hydrogens is 392 g/mol. The summed E-state index contributed by atoms with van der Waals surface area (Å²) in [4.78, 5) is 27.6. The number of phenolic OH excluding ortho intramolecular Hbond substituents is 1. The number of para-hydroxylation sites is 1. The van der Waals surface area contributed by atoms with Crippen LogP contribution in [0.2, 0.25) is 0 Å². The highest BCUT2D eigenvalue weighted by Crippen LogP contribution is 2.31. The van der Waals surface area contributed by atoms with Crippen molar-refractivity contribution < 1.29 is 19.1 Å². The first-order valence-electron chi connectivity index (χ1n) is 10.4. The van der Waals surface area contributed by atoms with Gasteiger partial charge in [-0.05, 0) is 36.4 Å². The maximum Gasteiger partial charge on any atom is 0.258 e. The van der Waals surface area contributed by atoms with Crippen LogP contribution >= 0.6 is 0 Å². The molecule has 6 heteroatoms. The quantitative estimate of drug-likeness (QED) is 0.524. The van der Waals surface area contributed by atoms with Crippen molar-refractivity contribution in [2.75, 3.05) is 6.54 Å². The molecule has 0 aliphatic carbocycles. The van der Waals surface area contributed by atoms with Crippen molar-refractivity contribution in [2.45, 2.75) is 25.4 Å². The van der Waals surface area contributed by atoms with Gasteiger partial charge in [0.2, 0.25) is 5.91 Å². The molecule has 0 saturated carbocycles. The van der Waals surface area contributed by atoms with E-state index in [0.29, 0.717) is 24.1 Å². The fraction of sp³-hybridized carbons (Fsp3) is 0.200. The summed E-state index contributed by atoms with van der Waals surface area (Å²) in [6, 6.07) is 19.8. The molecule has 1 aliphatic heterocycles. The molecule has 0 radical (unpaired) electrons. The number of benzene rings is 3. The Morgan fingerprint density at radius 3 is 2.65 bits per heavy atom. The molecule has 1 saturated heterocycles. The molecule has 3 aromatic carbocycles. The minimum absolute atomic E-state index is 0.0450. The van der Waals surface area contributed by atoms with E-state index in [2.05, 4.69) is 5.32 Å². The van der Waals surface area contributed by atoms with Crippen molar-refractivity contribution in [2.24, 2.45) is 0 Å². The van der Waals surface area contributed by atoms with Gasteiger partial charge in [0.15, 0.2) is 0 Å². The van der Waals surface area contributed by atoms with E-state index in [1.807, 2.05) is 54.6 Å². The summed E-state index contributed by atoms with van der Waals surface area (Å²) in [7, 11) is 0. The van der Waals surface area contributed by atoms with Gasteiger partial charge in [-0.25, -0.2) is 0 Å². The number of carbonyl (C=O) groups excluding carboxylic acids is 2. The number of nitrogens with zero attached hydrogens (tertiary/aromatic N) is 1. The van der Waals surface area contributed by atoms with Crippen LogP contribution in [-0.4, -0.2) is 34.4 Å². The van der Waals surface area contributed by atoms with Crippen LogP contribution in [0.3, 0.4) is 0 Å². The Morgan fingerprint density at radius 2 is 1.81 bits per heavy atom. The summed E-state index contributed by atoms with van der Waals surface area (Å²) in [5, 5.41) is 16.0. The highest BCUT2D eigenvalue weighted by Gasteiger charge is 2.35. The first kappa shape index (κ1) is 19.2. The summed E-state index contributed by atoms with van der Waals surface area (Å²) in [5.41, 5.74) is 0.992. The number of amides is 2. The number of carbonyl (C=O) groups is 2. The number of nitrogens with one attached hydrogen (secondary N) is 1. The summed E-state index contributed by atoms with van der Waals surface area (Å²) in [6.45, 7) is 0.737. The zero-order valence-electron chi connectivity index (χ0n) is 16.9. The second-order valence-electron chi connectivity index (χ2n) is 7.81. The van der Waals surface area contributed by atoms with Crippen LogP contribution in [0, 0.1) is 0 Å². The lowest BCUT2D eigenvalue weighted by Gasteiger charge is -2.24. The summed E-state index contributed by atoms with van der Waals surface area (Å²) in [6.07, 6.45) is 1.33. The molecule has 5 rings (SSSR count). The first-order chi connectivity index (χ1) is 15.1. The zero-order valence-corrected chi connectivity index (χ0v) is 16.9. The van der Waals surface area contributed by atoms with E-state index in [0.717, 1.165) is 22.8 Å². The van der Waals surface area contributed by atoms with E-state index in [9.17, 15) is 14.7 Å². The third-order valence-electron chi connectivity index (χ3n) is 5.86. The number of furan rings is 1. The third kappa shape index (κ3) is 3.50. The predicted octanol–water partition coefficient (Wildman–Crippen LogP) is 4.21. The second-order valence-corrected chi connectivity index (χ2v) is 7.81. The van der Waals surface area contributed by atoms with Crippen LogP contribution in [0.4, 0.5) is 0 Å². The fourth-order valence-corrected chi connectivity index (χ4v) is 4.28. The van der Waals surface area contributed by atoms with E-state index in [1.165, 1.54) is 0 Å². The highest BCUT2D eigenvalue weighted by molar-refractivity contribution is 6.05. The molecule has 1 unspecified atom stereocenters. The van der Waals surface area contributed by atoms with Crippen molar-refractivity contribution in [3.05, 3.63) is 78.1 Å². The molecule has 0 spiro atoms. The Morgan fingerprint density at radius 1 is 1.03 bits per heavy atom. The lowest BCUT2D eigenvalue weighted by atomic mass is 10.0. The largest absolute Gasteiger partial charge is 0.506 e. The van der Waals surface area contributed by atoms with E-state index < -0.39 is 6.04 Å². The Labute approximate surface area is 179 Å². The number of hydrogen-bond donors (Lipinski definition) is 2. The molecule has 4 aromatic rings. The molecule has 1 aliphatic rings. The van der Waals surface area contributed by atoms with Crippen molar-refractivity contribution in [3.63, 3.8) is 0 Å². The van der Waals surface area contributed by atoms with Crippen molar-refractivity contribution in [3.8, 4) is 5.75 Å². The van der Waals surface area contributed by atoms with Gasteiger partial charge in [-0.1, -0.05) is 48.5 Å². The summed E-state index contributed by atoms with van der Waals surface area (Å²) >= 11 is 0. The number of rotatable bonds is 4. The van der Waals surface area contributed by atoms with Gasteiger partial charge < -0.3 is 19.7 Å². The minimum Gasteiger partial charge on any atom is -0.506 e. The maximum atomic E-state index is 13.2. The van der Waals surface area contributed by atoms with Crippen LogP contribution in [0.1, 0.15) is 29.0 Å². The van der Waals surface area contributed by atoms with Crippen molar-refractivity contribution in [1.29, 1.82) is 0 Å². The van der Waals surface area contributed by atoms with Gasteiger partial charge >= 0.3 is 0 Å². The van der Waals surface area contributed by atoms with Gasteiger partial charge in [0.25, 0.3) is 5.91 Å². The van der Waals surface area contributed by atoms with Crippen LogP contribution < -0.4 is 5.32 Å². The zero-order chi connectivity index (χ0) is 21.4. The normalized spacial score (nSPS) is 16.1. The summed E-state index contributed by atoms with van der Waals surface area (Å²) < 4.78 is 5.75. The van der Waals surface area contributed by atoms with Crippen LogP contribution in [-0.2, 0) is 11.3 Å². The van der Waals surface area contributed by atoms with E-state index in [-0.39, 0.29) is 29.7 Å². The highest BCUT2D eigenvalue weighted by atomic mass is 16.3. The Hall–Kier alpha value is -3.80. The van der Waals surface area contributed by atoms with Crippen LogP contribution in [0.5, 0.6) is 5.75 Å². The van der Waals surface area contributed by atoms with E-state index in [4.69, 9.17) is 4.42 Å². The fourth-order valence-electron chi connectivity index (χ4n) is 4.28. The SMILES string of the molecule is O=C(NCc1cc2ccccc2o1)C1CCCN1C(=O)c1ccc2ccccc2c1O. The van der Waals surface area contributed by atoms with Gasteiger partial charge in [0.1, 0.15) is 23.1 Å². The average Bonchev–Trinajstić information content (AvgIpc) is 3.44. The van der Waals surface area contributed by atoms with E-state index >= 15 is 0 Å². The lowest BCUT2D eigenvalue weighted by molar-refractivity contribution is -0.125. The maximum absolute atomic E-state index is 13.2. The molecule has 6 nitrogen and oxygen atoms in total. The number of hydrogen-bond acceptors (Lipinski definition) is 4. The molecule has 1 atom stereocenters. The number of aromatic hydroxyl groups is 1. The smallest absolute Gasteiger partial charge is 0.258 e. The molecule has 31 heavy (non-hydrogen) atoms. The van der Waals surface area contributed by atoms with Crippen molar-refractivity contribution in [1.82, 2.24) is 10.2 Å². The Bertz CT molecular complexity index is 1260. The molecule has 0 bridgehead atoms. The molecule has 2 amide bonds. The molecule has 2 heterocycles. The molecule has 1 aromatic heterocycles. The van der Waals surface area contributed by atoms with Crippen LogP contribution in [0.25, 0.3) is 21.7 Å². The minimum atomic E-state index is -0.567. The monoisotopic (exact) mass is 414 g/mol. The first-order valence-corrected chi connectivity index (χ1v) is 10.4. The molecule has 2 N–H and O–H groups in total. The standard InChI is InChI=1S/C25H22N2O4/c28-23-19-8-3-1-6-16(19)11-12-20(23)25(30)27-13-5-9-21(27)24(29)26-15-18-14-17-7-2-4-10-22(17)31-18/h1-4,6-8,10-12,14,21,28H,5,9,13,15H2,(H,26,29).